The molecule has 1 rings (SSSR count). The molecule has 1 N–H and O–H groups in total. The second-order valence-electron chi connectivity index (χ2n) is 4.01. The number of benzene rings is 1. The highest BCUT2D eigenvalue weighted by Crippen LogP contribution is 2.28. The summed E-state index contributed by atoms with van der Waals surface area (Å²) in [5, 5.41) is 3.36. The van der Waals surface area contributed by atoms with E-state index in [2.05, 4.69) is 37.4 Å². The van der Waals surface area contributed by atoms with Crippen LogP contribution in [0.4, 0.5) is 0 Å². The number of rotatable bonds is 7. The predicted octanol–water partition coefficient (Wildman–Crippen LogP) is 3.19. The Bertz CT molecular complexity index is 299. The van der Waals surface area contributed by atoms with E-state index in [0.717, 1.165) is 31.9 Å². The maximum Gasteiger partial charge on any atom is 0.122 e. The molecule has 0 aliphatic heterocycles. The van der Waals surface area contributed by atoms with Gasteiger partial charge in [0.1, 0.15) is 5.75 Å². The Kier molecular flexibility index (Phi) is 5.94. The van der Waals surface area contributed by atoms with Gasteiger partial charge in [0.15, 0.2) is 0 Å². The molecule has 0 bridgehead atoms. The molecule has 90 valence electrons. The summed E-state index contributed by atoms with van der Waals surface area (Å²) in [5.41, 5.74) is 1.32. The fraction of sp³-hybridized carbons (Fsp3) is 0.571. The summed E-state index contributed by atoms with van der Waals surface area (Å²) in [6, 6.07) is 8.34. The van der Waals surface area contributed by atoms with E-state index in [1.54, 1.807) is 0 Å². The first kappa shape index (κ1) is 13.0. The summed E-state index contributed by atoms with van der Waals surface area (Å²) in [4.78, 5) is 0. The molecule has 0 amide bonds. The Labute approximate surface area is 99.0 Å². The van der Waals surface area contributed by atoms with E-state index in [1.807, 2.05) is 13.0 Å². The van der Waals surface area contributed by atoms with Crippen LogP contribution in [-0.2, 0) is 0 Å². The minimum atomic E-state index is 0.543. The Morgan fingerprint density at radius 3 is 2.69 bits per heavy atom. The minimum absolute atomic E-state index is 0.543. The molecule has 0 heterocycles. The van der Waals surface area contributed by atoms with E-state index in [4.69, 9.17) is 4.74 Å². The lowest BCUT2D eigenvalue weighted by atomic mass is 9.97. The lowest BCUT2D eigenvalue weighted by Crippen LogP contribution is -2.16. The minimum Gasteiger partial charge on any atom is -0.494 e. The lowest BCUT2D eigenvalue weighted by Gasteiger charge is -2.16. The average molecular weight is 221 g/mol. The van der Waals surface area contributed by atoms with Crippen LogP contribution < -0.4 is 10.1 Å². The lowest BCUT2D eigenvalue weighted by molar-refractivity contribution is 0.334. The van der Waals surface area contributed by atoms with Crippen LogP contribution in [0, 0.1) is 0 Å². The van der Waals surface area contributed by atoms with Gasteiger partial charge in [-0.3, -0.25) is 0 Å². The van der Waals surface area contributed by atoms with E-state index in [1.165, 1.54) is 5.56 Å². The number of nitrogens with one attached hydrogen (secondary N) is 1. The van der Waals surface area contributed by atoms with Gasteiger partial charge in [0.25, 0.3) is 0 Å². The van der Waals surface area contributed by atoms with Crippen molar-refractivity contribution in [2.75, 3.05) is 19.7 Å². The first-order valence-electron chi connectivity index (χ1n) is 6.22. The molecule has 1 unspecified atom stereocenters. The fourth-order valence-electron chi connectivity index (χ4n) is 1.83. The van der Waals surface area contributed by atoms with E-state index in [0.29, 0.717) is 5.92 Å². The molecular weight excluding hydrogens is 198 g/mol. The second-order valence-corrected chi connectivity index (χ2v) is 4.01. The van der Waals surface area contributed by atoms with Crippen LogP contribution in [0.25, 0.3) is 0 Å². The highest BCUT2D eigenvalue weighted by Gasteiger charge is 2.10. The summed E-state index contributed by atoms with van der Waals surface area (Å²) in [6.07, 6.45) is 1.15. The van der Waals surface area contributed by atoms with Crippen molar-refractivity contribution in [3.05, 3.63) is 29.8 Å². The summed E-state index contributed by atoms with van der Waals surface area (Å²) in [7, 11) is 0. The third kappa shape index (κ3) is 3.86. The fourth-order valence-corrected chi connectivity index (χ4v) is 1.83. The van der Waals surface area contributed by atoms with Crippen LogP contribution in [-0.4, -0.2) is 19.7 Å². The van der Waals surface area contributed by atoms with Crippen LogP contribution in [0.5, 0.6) is 5.75 Å². The van der Waals surface area contributed by atoms with Crippen molar-refractivity contribution in [3.63, 3.8) is 0 Å². The van der Waals surface area contributed by atoms with Gasteiger partial charge in [0.2, 0.25) is 0 Å². The number of ether oxygens (including phenoxy) is 1. The molecule has 1 aromatic rings. The summed E-state index contributed by atoms with van der Waals surface area (Å²) >= 11 is 0. The molecule has 1 atom stereocenters. The largest absolute Gasteiger partial charge is 0.494 e. The maximum atomic E-state index is 5.64. The molecule has 0 radical (unpaired) electrons. The van der Waals surface area contributed by atoms with E-state index in [9.17, 15) is 0 Å². The molecule has 0 aromatic heterocycles. The van der Waals surface area contributed by atoms with Crippen molar-refractivity contribution in [1.29, 1.82) is 0 Å². The molecule has 0 saturated heterocycles. The van der Waals surface area contributed by atoms with Crippen molar-refractivity contribution < 1.29 is 4.74 Å². The zero-order valence-electron chi connectivity index (χ0n) is 10.6. The van der Waals surface area contributed by atoms with Crippen LogP contribution in [0.1, 0.15) is 38.7 Å². The van der Waals surface area contributed by atoms with Crippen LogP contribution in [0.2, 0.25) is 0 Å². The molecule has 2 nitrogen and oxygen atoms in total. The van der Waals surface area contributed by atoms with Gasteiger partial charge < -0.3 is 10.1 Å². The molecule has 2 heteroatoms. The summed E-state index contributed by atoms with van der Waals surface area (Å²) in [6.45, 7) is 9.27. The topological polar surface area (TPSA) is 21.3 Å². The molecule has 0 aliphatic carbocycles. The second kappa shape index (κ2) is 7.29. The molecule has 1 aromatic carbocycles. The summed E-state index contributed by atoms with van der Waals surface area (Å²) < 4.78 is 5.64. The molecule has 0 aliphatic rings. The standard InChI is InChI=1S/C14H23NO/c1-4-15-11-10-12(3)13-8-6-7-9-14(13)16-5-2/h6-9,12,15H,4-5,10-11H2,1-3H3. The van der Waals surface area contributed by atoms with Crippen molar-refractivity contribution in [2.24, 2.45) is 0 Å². The average Bonchev–Trinajstić information content (AvgIpc) is 2.30. The van der Waals surface area contributed by atoms with Crippen molar-refractivity contribution >= 4 is 0 Å². The van der Waals surface area contributed by atoms with Gasteiger partial charge in [0, 0.05) is 0 Å². The monoisotopic (exact) mass is 221 g/mol. The van der Waals surface area contributed by atoms with E-state index >= 15 is 0 Å². The third-order valence-corrected chi connectivity index (χ3v) is 2.75. The quantitative estimate of drug-likeness (QED) is 0.714. The van der Waals surface area contributed by atoms with Crippen LogP contribution >= 0.6 is 0 Å². The maximum absolute atomic E-state index is 5.64. The smallest absolute Gasteiger partial charge is 0.122 e. The first-order valence-corrected chi connectivity index (χ1v) is 6.22. The molecular formula is C14H23NO. The molecule has 0 fully saturated rings. The van der Waals surface area contributed by atoms with Gasteiger partial charge in [-0.15, -0.1) is 0 Å². The van der Waals surface area contributed by atoms with Gasteiger partial charge in [0.05, 0.1) is 6.61 Å². The Morgan fingerprint density at radius 2 is 2.00 bits per heavy atom. The van der Waals surface area contributed by atoms with Crippen LogP contribution in [0.15, 0.2) is 24.3 Å². The van der Waals surface area contributed by atoms with Crippen molar-refractivity contribution in [2.45, 2.75) is 33.1 Å². The molecule has 0 saturated carbocycles. The Hall–Kier alpha value is -1.02. The van der Waals surface area contributed by atoms with E-state index in [-0.39, 0.29) is 0 Å². The van der Waals surface area contributed by atoms with Gasteiger partial charge in [-0.05, 0) is 44.0 Å². The zero-order valence-corrected chi connectivity index (χ0v) is 10.6. The van der Waals surface area contributed by atoms with Crippen LogP contribution in [0.3, 0.4) is 0 Å². The predicted molar refractivity (Wildman–Crippen MR) is 69.2 cm³/mol. The summed E-state index contributed by atoms with van der Waals surface area (Å²) in [5.74, 6) is 1.58. The van der Waals surface area contributed by atoms with E-state index < -0.39 is 0 Å². The van der Waals surface area contributed by atoms with Gasteiger partial charge in [-0.1, -0.05) is 32.0 Å². The SMILES string of the molecule is CCNCCC(C)c1ccccc1OCC. The molecule has 0 spiro atoms. The third-order valence-electron chi connectivity index (χ3n) is 2.75. The first-order chi connectivity index (χ1) is 7.79. The van der Waals surface area contributed by atoms with Gasteiger partial charge in [-0.25, -0.2) is 0 Å². The van der Waals surface area contributed by atoms with Crippen molar-refractivity contribution in [1.82, 2.24) is 5.32 Å². The highest BCUT2D eigenvalue weighted by molar-refractivity contribution is 5.35. The Morgan fingerprint density at radius 1 is 1.25 bits per heavy atom. The Balaban J connectivity index is 2.62. The zero-order chi connectivity index (χ0) is 11.8. The van der Waals surface area contributed by atoms with Gasteiger partial charge >= 0.3 is 0 Å². The number of para-hydroxylation sites is 1. The molecule has 16 heavy (non-hydrogen) atoms. The number of hydrogen-bond donors (Lipinski definition) is 1. The van der Waals surface area contributed by atoms with Gasteiger partial charge in [-0.2, -0.15) is 0 Å². The normalized spacial score (nSPS) is 12.4. The number of hydrogen-bond acceptors (Lipinski definition) is 2. The highest BCUT2D eigenvalue weighted by atomic mass is 16.5. The van der Waals surface area contributed by atoms with Crippen molar-refractivity contribution in [3.8, 4) is 5.75 Å².